The van der Waals surface area contributed by atoms with Gasteiger partial charge in [0.25, 0.3) is 0 Å². The zero-order valence-electron chi connectivity index (χ0n) is 15.4. The van der Waals surface area contributed by atoms with Crippen LogP contribution in [-0.2, 0) is 7.05 Å². The third-order valence-corrected chi connectivity index (χ3v) is 4.28. The van der Waals surface area contributed by atoms with E-state index in [1.54, 1.807) is 36.1 Å². The molecule has 2 heterocycles. The van der Waals surface area contributed by atoms with E-state index in [2.05, 4.69) is 10.3 Å². The van der Waals surface area contributed by atoms with Crippen LogP contribution in [0.5, 0.6) is 11.5 Å². The van der Waals surface area contributed by atoms with Crippen LogP contribution >= 0.6 is 0 Å². The number of aromatic nitrogens is 2. The Morgan fingerprint density at radius 3 is 2.50 bits per heavy atom. The summed E-state index contributed by atoms with van der Waals surface area (Å²) in [6.45, 7) is 0. The molecule has 0 radical (unpaired) electrons. The van der Waals surface area contributed by atoms with Crippen molar-refractivity contribution < 1.29 is 4.74 Å². The fourth-order valence-electron chi connectivity index (χ4n) is 2.88. The van der Waals surface area contributed by atoms with E-state index in [0.29, 0.717) is 5.75 Å². The van der Waals surface area contributed by atoms with Gasteiger partial charge in [0, 0.05) is 42.3 Å². The maximum atomic E-state index is 11.8. The van der Waals surface area contributed by atoms with Crippen LogP contribution in [0.1, 0.15) is 0 Å². The number of para-hydroxylation sites is 1. The fourth-order valence-corrected chi connectivity index (χ4v) is 2.88. The molecule has 0 aliphatic heterocycles. The minimum absolute atomic E-state index is 0.0583. The van der Waals surface area contributed by atoms with Gasteiger partial charge in [-0.05, 0) is 48.5 Å². The van der Waals surface area contributed by atoms with Gasteiger partial charge in [-0.1, -0.05) is 24.3 Å². The third kappa shape index (κ3) is 3.94. The standard InChI is InChI=1S/C23H19N3O2/c1-26-16-17(10-13-23(26)27)20-15-18(25-22-9-5-6-14-24-22)11-12-21(20)28-19-7-3-2-4-8-19/h2-16H,1H3,(H,24,25). The first-order valence-corrected chi connectivity index (χ1v) is 8.91. The Morgan fingerprint density at radius 2 is 1.75 bits per heavy atom. The Balaban J connectivity index is 1.76. The van der Waals surface area contributed by atoms with Gasteiger partial charge in [-0.3, -0.25) is 4.79 Å². The Labute approximate surface area is 162 Å². The van der Waals surface area contributed by atoms with Crippen molar-refractivity contribution in [2.24, 2.45) is 7.05 Å². The highest BCUT2D eigenvalue weighted by atomic mass is 16.5. The number of hydrogen-bond donors (Lipinski definition) is 1. The molecule has 5 nitrogen and oxygen atoms in total. The fraction of sp³-hybridized carbons (Fsp3) is 0.0435. The molecule has 5 heteroatoms. The number of pyridine rings is 2. The minimum atomic E-state index is -0.0583. The highest BCUT2D eigenvalue weighted by Gasteiger charge is 2.11. The van der Waals surface area contributed by atoms with Gasteiger partial charge in [0.05, 0.1) is 0 Å². The van der Waals surface area contributed by atoms with Gasteiger partial charge in [-0.25, -0.2) is 4.98 Å². The predicted molar refractivity (Wildman–Crippen MR) is 111 cm³/mol. The van der Waals surface area contributed by atoms with Crippen molar-refractivity contribution in [3.8, 4) is 22.6 Å². The molecule has 0 bridgehead atoms. The zero-order chi connectivity index (χ0) is 19.3. The molecule has 2 aromatic carbocycles. The molecule has 0 saturated carbocycles. The molecule has 0 unspecified atom stereocenters. The molecule has 2 aromatic heterocycles. The van der Waals surface area contributed by atoms with E-state index in [4.69, 9.17) is 4.74 Å². The Morgan fingerprint density at radius 1 is 0.929 bits per heavy atom. The number of anilines is 2. The summed E-state index contributed by atoms with van der Waals surface area (Å²) >= 11 is 0. The van der Waals surface area contributed by atoms with Crippen LogP contribution in [0.4, 0.5) is 11.5 Å². The molecule has 0 atom stereocenters. The van der Waals surface area contributed by atoms with Crippen molar-refractivity contribution in [3.05, 3.63) is 102 Å². The maximum Gasteiger partial charge on any atom is 0.250 e. The predicted octanol–water partition coefficient (Wildman–Crippen LogP) is 4.98. The number of ether oxygens (including phenoxy) is 1. The van der Waals surface area contributed by atoms with Crippen LogP contribution < -0.4 is 15.6 Å². The first-order valence-electron chi connectivity index (χ1n) is 8.91. The summed E-state index contributed by atoms with van der Waals surface area (Å²) in [5, 5.41) is 3.30. The lowest BCUT2D eigenvalue weighted by molar-refractivity contribution is 0.484. The van der Waals surface area contributed by atoms with Crippen molar-refractivity contribution in [3.63, 3.8) is 0 Å². The molecule has 0 aliphatic rings. The number of aryl methyl sites for hydroxylation is 1. The molecule has 0 aliphatic carbocycles. The summed E-state index contributed by atoms with van der Waals surface area (Å²) < 4.78 is 7.66. The summed E-state index contributed by atoms with van der Waals surface area (Å²) in [5.74, 6) is 2.21. The molecule has 0 spiro atoms. The lowest BCUT2D eigenvalue weighted by atomic mass is 10.1. The van der Waals surface area contributed by atoms with Gasteiger partial charge in [0.2, 0.25) is 5.56 Å². The Kier molecular flexibility index (Phi) is 4.89. The summed E-state index contributed by atoms with van der Waals surface area (Å²) in [4.78, 5) is 16.1. The van der Waals surface area contributed by atoms with Crippen LogP contribution in [0, 0.1) is 0 Å². The second-order valence-corrected chi connectivity index (χ2v) is 6.33. The second-order valence-electron chi connectivity index (χ2n) is 6.33. The normalized spacial score (nSPS) is 10.5. The molecule has 0 amide bonds. The van der Waals surface area contributed by atoms with Crippen molar-refractivity contribution in [1.82, 2.24) is 9.55 Å². The molecule has 28 heavy (non-hydrogen) atoms. The number of benzene rings is 2. The SMILES string of the molecule is Cn1cc(-c2cc(Nc3ccccn3)ccc2Oc2ccccc2)ccc1=O. The van der Waals surface area contributed by atoms with Crippen LogP contribution in [0.2, 0.25) is 0 Å². The van der Waals surface area contributed by atoms with E-state index in [1.165, 1.54) is 0 Å². The van der Waals surface area contributed by atoms with Gasteiger partial charge in [0.1, 0.15) is 17.3 Å². The number of nitrogens with zero attached hydrogens (tertiary/aromatic N) is 2. The lowest BCUT2D eigenvalue weighted by Crippen LogP contribution is -2.14. The summed E-state index contributed by atoms with van der Waals surface area (Å²) in [7, 11) is 1.74. The average Bonchev–Trinajstić information content (AvgIpc) is 2.73. The van der Waals surface area contributed by atoms with E-state index in [9.17, 15) is 4.79 Å². The largest absolute Gasteiger partial charge is 0.457 e. The lowest BCUT2D eigenvalue weighted by Gasteiger charge is -2.14. The van der Waals surface area contributed by atoms with Crippen LogP contribution in [0.3, 0.4) is 0 Å². The highest BCUT2D eigenvalue weighted by Crippen LogP contribution is 2.35. The molecular weight excluding hydrogens is 350 g/mol. The van der Waals surface area contributed by atoms with Crippen LogP contribution in [0.25, 0.3) is 11.1 Å². The van der Waals surface area contributed by atoms with E-state index < -0.39 is 0 Å². The summed E-state index contributed by atoms with van der Waals surface area (Å²) in [6, 6.07) is 24.5. The van der Waals surface area contributed by atoms with Gasteiger partial charge in [-0.15, -0.1) is 0 Å². The highest BCUT2D eigenvalue weighted by molar-refractivity contribution is 5.75. The van der Waals surface area contributed by atoms with Gasteiger partial charge in [0.15, 0.2) is 0 Å². The Bertz CT molecular complexity index is 1140. The van der Waals surface area contributed by atoms with Crippen molar-refractivity contribution >= 4 is 11.5 Å². The zero-order valence-corrected chi connectivity index (χ0v) is 15.4. The third-order valence-electron chi connectivity index (χ3n) is 4.28. The molecular formula is C23H19N3O2. The summed E-state index contributed by atoms with van der Waals surface area (Å²) in [5.41, 5.74) is 2.58. The molecule has 0 saturated heterocycles. The number of rotatable bonds is 5. The topological polar surface area (TPSA) is 56.1 Å². The average molecular weight is 369 g/mol. The second kappa shape index (κ2) is 7.80. The molecule has 1 N–H and O–H groups in total. The van der Waals surface area contributed by atoms with Crippen LogP contribution in [0.15, 0.2) is 96.1 Å². The van der Waals surface area contributed by atoms with Gasteiger partial charge < -0.3 is 14.6 Å². The first kappa shape index (κ1) is 17.5. The van der Waals surface area contributed by atoms with E-state index in [-0.39, 0.29) is 5.56 Å². The van der Waals surface area contributed by atoms with E-state index >= 15 is 0 Å². The molecule has 4 aromatic rings. The molecule has 138 valence electrons. The van der Waals surface area contributed by atoms with Crippen molar-refractivity contribution in [2.45, 2.75) is 0 Å². The molecule has 0 fully saturated rings. The quantitative estimate of drug-likeness (QED) is 0.539. The van der Waals surface area contributed by atoms with Crippen molar-refractivity contribution in [2.75, 3.05) is 5.32 Å². The van der Waals surface area contributed by atoms with Gasteiger partial charge in [-0.2, -0.15) is 0 Å². The minimum Gasteiger partial charge on any atom is -0.457 e. The smallest absolute Gasteiger partial charge is 0.250 e. The first-order chi connectivity index (χ1) is 13.7. The van der Waals surface area contributed by atoms with Gasteiger partial charge >= 0.3 is 0 Å². The summed E-state index contributed by atoms with van der Waals surface area (Å²) in [6.07, 6.45) is 3.54. The maximum absolute atomic E-state index is 11.8. The number of nitrogens with one attached hydrogen (secondary N) is 1. The van der Waals surface area contributed by atoms with E-state index in [1.807, 2.05) is 66.7 Å². The molecule has 4 rings (SSSR count). The Hall–Kier alpha value is -3.86. The van der Waals surface area contributed by atoms with Crippen molar-refractivity contribution in [1.29, 1.82) is 0 Å². The monoisotopic (exact) mass is 369 g/mol. The number of hydrogen-bond acceptors (Lipinski definition) is 4. The van der Waals surface area contributed by atoms with Crippen LogP contribution in [-0.4, -0.2) is 9.55 Å². The van der Waals surface area contributed by atoms with E-state index in [0.717, 1.165) is 28.4 Å².